The lowest BCUT2D eigenvalue weighted by atomic mass is 10.4. The van der Waals surface area contributed by atoms with Crippen LogP contribution in [0.3, 0.4) is 0 Å². The second kappa shape index (κ2) is 5.15. The standard InChI is InChI=1S/C10H14N6O/c1-17-10-8(11)9(14-6-15-10)13-3-5-16-4-2-12-7-16/h2,4,6-7H,3,5,11H2,1H3,(H,13,14,15). The van der Waals surface area contributed by atoms with Crippen LogP contribution in [0.1, 0.15) is 0 Å². The number of methoxy groups -OCH3 is 1. The zero-order valence-corrected chi connectivity index (χ0v) is 9.50. The first-order valence-corrected chi connectivity index (χ1v) is 5.15. The van der Waals surface area contributed by atoms with Gasteiger partial charge in [0, 0.05) is 25.5 Å². The minimum absolute atomic E-state index is 0.380. The van der Waals surface area contributed by atoms with Crippen molar-refractivity contribution in [3.8, 4) is 5.88 Å². The number of hydrogen-bond acceptors (Lipinski definition) is 6. The molecule has 2 rings (SSSR count). The molecule has 0 aliphatic rings. The summed E-state index contributed by atoms with van der Waals surface area (Å²) in [5, 5.41) is 3.12. The zero-order chi connectivity index (χ0) is 12.1. The van der Waals surface area contributed by atoms with Crippen LogP contribution in [0, 0.1) is 0 Å². The number of ether oxygens (including phenoxy) is 1. The van der Waals surface area contributed by atoms with E-state index in [0.29, 0.717) is 23.9 Å². The summed E-state index contributed by atoms with van der Waals surface area (Å²) in [6, 6.07) is 0. The van der Waals surface area contributed by atoms with Crippen LogP contribution in [-0.2, 0) is 6.54 Å². The number of hydrogen-bond donors (Lipinski definition) is 2. The highest BCUT2D eigenvalue weighted by molar-refractivity contribution is 5.66. The van der Waals surface area contributed by atoms with Gasteiger partial charge in [0.05, 0.1) is 13.4 Å². The summed E-state index contributed by atoms with van der Waals surface area (Å²) < 4.78 is 6.97. The molecule has 0 unspecified atom stereocenters. The topological polar surface area (TPSA) is 90.9 Å². The maximum Gasteiger partial charge on any atom is 0.242 e. The zero-order valence-electron chi connectivity index (χ0n) is 9.50. The third kappa shape index (κ3) is 2.63. The van der Waals surface area contributed by atoms with Gasteiger partial charge < -0.3 is 20.4 Å². The molecule has 7 nitrogen and oxygen atoms in total. The van der Waals surface area contributed by atoms with E-state index in [-0.39, 0.29) is 0 Å². The minimum Gasteiger partial charge on any atom is -0.479 e. The van der Waals surface area contributed by atoms with Crippen molar-refractivity contribution in [2.45, 2.75) is 6.54 Å². The summed E-state index contributed by atoms with van der Waals surface area (Å²) in [5.74, 6) is 0.960. The summed E-state index contributed by atoms with van der Waals surface area (Å²) >= 11 is 0. The molecule has 7 heteroatoms. The maximum atomic E-state index is 5.82. The van der Waals surface area contributed by atoms with Crippen LogP contribution < -0.4 is 15.8 Å². The molecule has 0 saturated carbocycles. The normalized spacial score (nSPS) is 10.2. The average molecular weight is 234 g/mol. The highest BCUT2D eigenvalue weighted by atomic mass is 16.5. The Labute approximate surface area is 98.7 Å². The van der Waals surface area contributed by atoms with Gasteiger partial charge in [-0.25, -0.2) is 9.97 Å². The Bertz CT molecular complexity index is 470. The fourth-order valence-electron chi connectivity index (χ4n) is 1.41. The fraction of sp³-hybridized carbons (Fsp3) is 0.300. The minimum atomic E-state index is 0.380. The van der Waals surface area contributed by atoms with Crippen molar-refractivity contribution < 1.29 is 4.74 Å². The first kappa shape index (κ1) is 11.2. The fourth-order valence-corrected chi connectivity index (χ4v) is 1.41. The van der Waals surface area contributed by atoms with Gasteiger partial charge in [-0.3, -0.25) is 0 Å². The monoisotopic (exact) mass is 234 g/mol. The molecule has 2 heterocycles. The first-order valence-electron chi connectivity index (χ1n) is 5.15. The SMILES string of the molecule is COc1ncnc(NCCn2ccnc2)c1N. The lowest BCUT2D eigenvalue weighted by Gasteiger charge is -2.10. The van der Waals surface area contributed by atoms with E-state index in [1.807, 2.05) is 10.8 Å². The molecule has 3 N–H and O–H groups in total. The van der Waals surface area contributed by atoms with Crippen molar-refractivity contribution in [2.24, 2.45) is 0 Å². The largest absolute Gasteiger partial charge is 0.479 e. The lowest BCUT2D eigenvalue weighted by Crippen LogP contribution is -2.12. The summed E-state index contributed by atoms with van der Waals surface area (Å²) in [4.78, 5) is 11.9. The number of imidazole rings is 1. The molecule has 2 aromatic heterocycles. The van der Waals surface area contributed by atoms with Crippen LogP contribution in [0.25, 0.3) is 0 Å². The maximum absolute atomic E-state index is 5.82. The Hall–Kier alpha value is -2.31. The van der Waals surface area contributed by atoms with Gasteiger partial charge in [-0.15, -0.1) is 0 Å². The Kier molecular flexibility index (Phi) is 3.39. The molecule has 0 amide bonds. The third-order valence-electron chi connectivity index (χ3n) is 2.26. The average Bonchev–Trinajstić information content (AvgIpc) is 2.84. The molecule has 0 bridgehead atoms. The van der Waals surface area contributed by atoms with Crippen molar-refractivity contribution in [1.29, 1.82) is 0 Å². The predicted molar refractivity (Wildman–Crippen MR) is 63.7 cm³/mol. The van der Waals surface area contributed by atoms with E-state index < -0.39 is 0 Å². The van der Waals surface area contributed by atoms with Gasteiger partial charge in [0.1, 0.15) is 12.0 Å². The Balaban J connectivity index is 1.95. The summed E-state index contributed by atoms with van der Waals surface area (Å²) in [5.41, 5.74) is 6.24. The number of nitrogens with one attached hydrogen (secondary N) is 1. The van der Waals surface area contributed by atoms with E-state index in [4.69, 9.17) is 10.5 Å². The quantitative estimate of drug-likeness (QED) is 0.777. The number of nitrogens with zero attached hydrogens (tertiary/aromatic N) is 4. The summed E-state index contributed by atoms with van der Waals surface area (Å²) in [7, 11) is 1.52. The Morgan fingerprint density at radius 2 is 2.35 bits per heavy atom. The van der Waals surface area contributed by atoms with Gasteiger partial charge in [-0.05, 0) is 0 Å². The third-order valence-corrected chi connectivity index (χ3v) is 2.26. The van der Waals surface area contributed by atoms with Gasteiger partial charge >= 0.3 is 0 Å². The van der Waals surface area contributed by atoms with Crippen LogP contribution in [0.2, 0.25) is 0 Å². The van der Waals surface area contributed by atoms with Gasteiger partial charge in [-0.1, -0.05) is 0 Å². The van der Waals surface area contributed by atoms with Crippen molar-refractivity contribution in [1.82, 2.24) is 19.5 Å². The predicted octanol–water partition coefficient (Wildman–Crippen LogP) is 0.376. The van der Waals surface area contributed by atoms with Crippen LogP contribution in [0.4, 0.5) is 11.5 Å². The molecule has 0 atom stereocenters. The molecule has 2 aromatic rings. The molecule has 0 aliphatic carbocycles. The number of anilines is 2. The second-order valence-corrected chi connectivity index (χ2v) is 3.37. The van der Waals surface area contributed by atoms with Crippen molar-refractivity contribution in [3.05, 3.63) is 25.0 Å². The second-order valence-electron chi connectivity index (χ2n) is 3.37. The Morgan fingerprint density at radius 1 is 1.47 bits per heavy atom. The molecule has 0 aromatic carbocycles. The number of nitrogens with two attached hydrogens (primary N) is 1. The van der Waals surface area contributed by atoms with Crippen LogP contribution >= 0.6 is 0 Å². The summed E-state index contributed by atoms with van der Waals surface area (Å²) in [6.45, 7) is 1.48. The smallest absolute Gasteiger partial charge is 0.242 e. The Morgan fingerprint density at radius 3 is 3.06 bits per heavy atom. The molecule has 0 aliphatic heterocycles. The molecule has 0 spiro atoms. The van der Waals surface area contributed by atoms with Gasteiger partial charge in [0.25, 0.3) is 0 Å². The lowest BCUT2D eigenvalue weighted by molar-refractivity contribution is 0.399. The molecule has 90 valence electrons. The van der Waals surface area contributed by atoms with Crippen LogP contribution in [0.5, 0.6) is 5.88 Å². The van der Waals surface area contributed by atoms with E-state index in [2.05, 4.69) is 20.3 Å². The van der Waals surface area contributed by atoms with Gasteiger partial charge in [0.15, 0.2) is 5.82 Å². The number of nitrogen functional groups attached to an aromatic ring is 1. The van der Waals surface area contributed by atoms with E-state index in [0.717, 1.165) is 6.54 Å². The molecular weight excluding hydrogens is 220 g/mol. The van der Waals surface area contributed by atoms with E-state index in [1.54, 1.807) is 12.5 Å². The highest BCUT2D eigenvalue weighted by Crippen LogP contribution is 2.23. The molecule has 17 heavy (non-hydrogen) atoms. The van der Waals surface area contributed by atoms with Gasteiger partial charge in [-0.2, -0.15) is 4.98 Å². The van der Waals surface area contributed by atoms with Gasteiger partial charge in [0.2, 0.25) is 5.88 Å². The molecule has 0 saturated heterocycles. The molecule has 0 radical (unpaired) electrons. The van der Waals surface area contributed by atoms with Crippen LogP contribution in [-0.4, -0.2) is 33.2 Å². The highest BCUT2D eigenvalue weighted by Gasteiger charge is 2.06. The van der Waals surface area contributed by atoms with Crippen molar-refractivity contribution in [3.63, 3.8) is 0 Å². The number of aromatic nitrogens is 4. The van der Waals surface area contributed by atoms with Crippen LogP contribution in [0.15, 0.2) is 25.0 Å². The van der Waals surface area contributed by atoms with E-state index in [1.165, 1.54) is 13.4 Å². The van der Waals surface area contributed by atoms with E-state index >= 15 is 0 Å². The first-order chi connectivity index (χ1) is 8.31. The van der Waals surface area contributed by atoms with Crippen molar-refractivity contribution >= 4 is 11.5 Å². The van der Waals surface area contributed by atoms with Crippen molar-refractivity contribution in [2.75, 3.05) is 24.7 Å². The molecule has 0 fully saturated rings. The summed E-state index contributed by atoms with van der Waals surface area (Å²) in [6.07, 6.45) is 6.80. The molecular formula is C10H14N6O. The number of rotatable bonds is 5. The van der Waals surface area contributed by atoms with E-state index in [9.17, 15) is 0 Å².